The molecule has 0 bridgehead atoms. The molecule has 1 aromatic heterocycles. The van der Waals surface area contributed by atoms with Crippen molar-refractivity contribution in [1.29, 1.82) is 0 Å². The van der Waals surface area contributed by atoms with E-state index in [1.54, 1.807) is 12.4 Å². The van der Waals surface area contributed by atoms with Crippen molar-refractivity contribution >= 4 is 11.6 Å². The first-order chi connectivity index (χ1) is 10.2. The molecule has 0 aliphatic rings. The number of anilines is 1. The molecule has 1 heterocycles. The van der Waals surface area contributed by atoms with Crippen LogP contribution in [0.4, 0.5) is 5.69 Å². The highest BCUT2D eigenvalue weighted by atomic mass is 16.1. The lowest BCUT2D eigenvalue weighted by Crippen LogP contribution is -2.33. The van der Waals surface area contributed by atoms with Crippen LogP contribution in [-0.2, 0) is 0 Å². The van der Waals surface area contributed by atoms with Gasteiger partial charge in [0.25, 0.3) is 5.91 Å². The Labute approximate surface area is 128 Å². The molecule has 1 aromatic rings. The molecule has 0 aliphatic heterocycles. The van der Waals surface area contributed by atoms with Gasteiger partial charge in [-0.15, -0.1) is 0 Å². The number of carbonyl (C=O) groups is 1. The Balaban J connectivity index is 2.50. The average Bonchev–Trinajstić information content (AvgIpc) is 2.49. The van der Waals surface area contributed by atoms with Gasteiger partial charge < -0.3 is 10.6 Å². The zero-order valence-corrected chi connectivity index (χ0v) is 13.6. The summed E-state index contributed by atoms with van der Waals surface area (Å²) in [7, 11) is 0. The largest absolute Gasteiger partial charge is 0.384 e. The number of nitrogens with one attached hydrogen (secondary N) is 2. The van der Waals surface area contributed by atoms with E-state index < -0.39 is 0 Å². The Bertz CT molecular complexity index is 420. The maximum absolute atomic E-state index is 12.3. The summed E-state index contributed by atoms with van der Waals surface area (Å²) in [6.45, 7) is 7.24. The quantitative estimate of drug-likeness (QED) is 0.641. The Morgan fingerprint density at radius 1 is 1.24 bits per heavy atom. The van der Waals surface area contributed by atoms with E-state index >= 15 is 0 Å². The zero-order chi connectivity index (χ0) is 15.5. The minimum Gasteiger partial charge on any atom is -0.384 e. The van der Waals surface area contributed by atoms with Crippen LogP contribution in [0, 0.1) is 0 Å². The molecule has 4 heteroatoms. The molecule has 4 nitrogen and oxygen atoms in total. The van der Waals surface area contributed by atoms with E-state index in [-0.39, 0.29) is 11.9 Å². The van der Waals surface area contributed by atoms with Crippen molar-refractivity contribution < 1.29 is 4.79 Å². The minimum absolute atomic E-state index is 0.0373. The molecule has 0 spiro atoms. The van der Waals surface area contributed by atoms with Gasteiger partial charge in [0.2, 0.25) is 0 Å². The van der Waals surface area contributed by atoms with E-state index in [9.17, 15) is 4.79 Å². The summed E-state index contributed by atoms with van der Waals surface area (Å²) in [5.41, 5.74) is 1.49. The number of unbranched alkanes of at least 4 members (excludes halogenated alkanes) is 3. The summed E-state index contributed by atoms with van der Waals surface area (Å²) in [5.74, 6) is -0.0373. The highest BCUT2D eigenvalue weighted by Gasteiger charge is 2.13. The van der Waals surface area contributed by atoms with E-state index in [0.717, 1.165) is 25.1 Å². The van der Waals surface area contributed by atoms with Crippen LogP contribution in [0.1, 0.15) is 69.7 Å². The summed E-state index contributed by atoms with van der Waals surface area (Å²) >= 11 is 0. The van der Waals surface area contributed by atoms with Gasteiger partial charge in [0, 0.05) is 25.0 Å². The van der Waals surface area contributed by atoms with Crippen molar-refractivity contribution in [1.82, 2.24) is 10.3 Å². The Kier molecular flexibility index (Phi) is 8.48. The van der Waals surface area contributed by atoms with Gasteiger partial charge in [-0.1, -0.05) is 39.5 Å². The number of hydrogen-bond acceptors (Lipinski definition) is 3. The molecule has 1 rings (SSSR count). The number of pyridine rings is 1. The third kappa shape index (κ3) is 6.61. The van der Waals surface area contributed by atoms with Crippen molar-refractivity contribution in [2.75, 3.05) is 11.9 Å². The summed E-state index contributed by atoms with van der Waals surface area (Å²) in [5, 5.41) is 6.35. The average molecular weight is 291 g/mol. The zero-order valence-electron chi connectivity index (χ0n) is 13.6. The number of aromatic nitrogens is 1. The van der Waals surface area contributed by atoms with Crippen molar-refractivity contribution in [3.63, 3.8) is 0 Å². The predicted octanol–water partition coefficient (Wildman–Crippen LogP) is 3.99. The van der Waals surface area contributed by atoms with Crippen molar-refractivity contribution in [3.8, 4) is 0 Å². The standard InChI is InChI=1S/C17H29N3O/c1-4-6-7-8-9-14(3)20-17(21)15-13-18-12-10-16(15)19-11-5-2/h10,12-14H,4-9,11H2,1-3H3,(H,18,19)(H,20,21). The molecule has 2 N–H and O–H groups in total. The molecule has 0 fully saturated rings. The Hall–Kier alpha value is -1.58. The first-order valence-corrected chi connectivity index (χ1v) is 8.17. The number of rotatable bonds is 10. The highest BCUT2D eigenvalue weighted by Crippen LogP contribution is 2.14. The van der Waals surface area contributed by atoms with Crippen LogP contribution in [0.25, 0.3) is 0 Å². The molecule has 0 saturated carbocycles. The molecular weight excluding hydrogens is 262 g/mol. The van der Waals surface area contributed by atoms with Gasteiger partial charge in [0.15, 0.2) is 0 Å². The van der Waals surface area contributed by atoms with Crippen LogP contribution in [-0.4, -0.2) is 23.5 Å². The van der Waals surface area contributed by atoms with Crippen LogP contribution < -0.4 is 10.6 Å². The van der Waals surface area contributed by atoms with E-state index in [0.29, 0.717) is 5.56 Å². The molecule has 118 valence electrons. The molecule has 1 amide bonds. The number of nitrogens with zero attached hydrogens (tertiary/aromatic N) is 1. The summed E-state index contributed by atoms with van der Waals surface area (Å²) in [6, 6.07) is 2.06. The first kappa shape index (κ1) is 17.5. The Morgan fingerprint density at radius 3 is 2.76 bits per heavy atom. The lowest BCUT2D eigenvalue weighted by atomic mass is 10.1. The van der Waals surface area contributed by atoms with Crippen LogP contribution in [0.3, 0.4) is 0 Å². The van der Waals surface area contributed by atoms with Crippen molar-refractivity contribution in [3.05, 3.63) is 24.0 Å². The molecule has 0 radical (unpaired) electrons. The fourth-order valence-corrected chi connectivity index (χ4v) is 2.24. The van der Waals surface area contributed by atoms with Crippen LogP contribution in [0.5, 0.6) is 0 Å². The van der Waals surface area contributed by atoms with Crippen LogP contribution in [0.2, 0.25) is 0 Å². The lowest BCUT2D eigenvalue weighted by Gasteiger charge is -2.16. The van der Waals surface area contributed by atoms with Crippen molar-refractivity contribution in [2.24, 2.45) is 0 Å². The SMILES string of the molecule is CCCCCCC(C)NC(=O)c1cnccc1NCCC. The molecule has 21 heavy (non-hydrogen) atoms. The normalized spacial score (nSPS) is 12.0. The smallest absolute Gasteiger partial charge is 0.255 e. The number of hydrogen-bond donors (Lipinski definition) is 2. The molecule has 1 atom stereocenters. The minimum atomic E-state index is -0.0373. The van der Waals surface area contributed by atoms with E-state index in [1.807, 2.05) is 6.07 Å². The Morgan fingerprint density at radius 2 is 2.05 bits per heavy atom. The van der Waals surface area contributed by atoms with E-state index in [2.05, 4.69) is 36.4 Å². The molecule has 0 aliphatic carbocycles. The van der Waals surface area contributed by atoms with Gasteiger partial charge in [0.1, 0.15) is 0 Å². The monoisotopic (exact) mass is 291 g/mol. The van der Waals surface area contributed by atoms with Crippen molar-refractivity contribution in [2.45, 2.75) is 65.3 Å². The van der Waals surface area contributed by atoms with E-state index in [4.69, 9.17) is 0 Å². The van der Waals surface area contributed by atoms with Gasteiger partial charge in [-0.3, -0.25) is 9.78 Å². The summed E-state index contributed by atoms with van der Waals surface area (Å²) in [6.07, 6.45) is 10.3. The van der Waals surface area contributed by atoms with E-state index in [1.165, 1.54) is 25.7 Å². The van der Waals surface area contributed by atoms with Gasteiger partial charge in [-0.2, -0.15) is 0 Å². The van der Waals surface area contributed by atoms with Crippen LogP contribution in [0.15, 0.2) is 18.5 Å². The summed E-state index contributed by atoms with van der Waals surface area (Å²) < 4.78 is 0. The maximum Gasteiger partial charge on any atom is 0.255 e. The second-order valence-corrected chi connectivity index (χ2v) is 5.57. The highest BCUT2D eigenvalue weighted by molar-refractivity contribution is 5.99. The van der Waals surface area contributed by atoms with Gasteiger partial charge in [-0.25, -0.2) is 0 Å². The van der Waals surface area contributed by atoms with Gasteiger partial charge >= 0.3 is 0 Å². The molecule has 0 saturated heterocycles. The number of carbonyl (C=O) groups excluding carboxylic acids is 1. The second-order valence-electron chi connectivity index (χ2n) is 5.57. The summed E-state index contributed by atoms with van der Waals surface area (Å²) in [4.78, 5) is 16.4. The fourth-order valence-electron chi connectivity index (χ4n) is 2.24. The maximum atomic E-state index is 12.3. The van der Waals surface area contributed by atoms with Gasteiger partial charge in [0.05, 0.1) is 11.3 Å². The lowest BCUT2D eigenvalue weighted by molar-refractivity contribution is 0.0938. The molecule has 0 aromatic carbocycles. The number of amides is 1. The fraction of sp³-hybridized carbons (Fsp3) is 0.647. The third-order valence-electron chi connectivity index (χ3n) is 3.50. The first-order valence-electron chi connectivity index (χ1n) is 8.17. The second kappa shape index (κ2) is 10.2. The molecule has 1 unspecified atom stereocenters. The van der Waals surface area contributed by atoms with Gasteiger partial charge in [-0.05, 0) is 25.8 Å². The topological polar surface area (TPSA) is 54.0 Å². The van der Waals surface area contributed by atoms with Crippen LogP contribution >= 0.6 is 0 Å². The molecular formula is C17H29N3O. The predicted molar refractivity (Wildman–Crippen MR) is 88.7 cm³/mol. The third-order valence-corrected chi connectivity index (χ3v) is 3.50.